The molecule has 2 rings (SSSR count). The second-order valence-electron chi connectivity index (χ2n) is 7.34. The zero-order valence-electron chi connectivity index (χ0n) is 16.8. The maximum absolute atomic E-state index is 12.6. The monoisotopic (exact) mass is 384 g/mol. The van der Waals surface area contributed by atoms with Gasteiger partial charge in [-0.25, -0.2) is 0 Å². The van der Waals surface area contributed by atoms with Gasteiger partial charge in [-0.1, -0.05) is 32.3 Å². The lowest BCUT2D eigenvalue weighted by Gasteiger charge is -2.32. The van der Waals surface area contributed by atoms with E-state index in [-0.39, 0.29) is 11.5 Å². The van der Waals surface area contributed by atoms with Crippen LogP contribution in [0.3, 0.4) is 0 Å². The quantitative estimate of drug-likeness (QED) is 0.521. The average Bonchev–Trinajstić information content (AvgIpc) is 2.59. The summed E-state index contributed by atoms with van der Waals surface area (Å²) in [5, 5.41) is 14.5. The molecular weight excluding hydrogens is 348 g/mol. The maximum Gasteiger partial charge on any atom is 0.168 e. The van der Waals surface area contributed by atoms with Gasteiger partial charge in [-0.2, -0.15) is 11.8 Å². The summed E-state index contributed by atoms with van der Waals surface area (Å²) in [6, 6.07) is 0.333. The highest BCUT2D eigenvalue weighted by Crippen LogP contribution is 2.38. The number of hydrogen-bond acceptors (Lipinski definition) is 6. The summed E-state index contributed by atoms with van der Waals surface area (Å²) in [5.74, 6) is 3.46. The van der Waals surface area contributed by atoms with Gasteiger partial charge in [0.25, 0.3) is 0 Å². The van der Waals surface area contributed by atoms with Crippen LogP contribution in [0.25, 0.3) is 0 Å². The highest BCUT2D eigenvalue weighted by Gasteiger charge is 2.35. The molecule has 26 heavy (non-hydrogen) atoms. The van der Waals surface area contributed by atoms with Gasteiger partial charge in [0.05, 0.1) is 11.3 Å². The predicted octanol–water partition coefficient (Wildman–Crippen LogP) is 4.47. The number of oxime groups is 1. The van der Waals surface area contributed by atoms with Crippen molar-refractivity contribution in [3.8, 4) is 0 Å². The first kappa shape index (κ1) is 23.0. The highest BCUT2D eigenvalue weighted by atomic mass is 32.2. The van der Waals surface area contributed by atoms with Crippen LogP contribution in [0, 0.1) is 11.8 Å². The molecule has 3 N–H and O–H groups in total. The van der Waals surface area contributed by atoms with E-state index in [9.17, 15) is 9.90 Å². The molecule has 0 radical (unpaired) electrons. The Hall–Kier alpha value is -1.01. The van der Waals surface area contributed by atoms with Crippen LogP contribution in [0.15, 0.2) is 16.5 Å². The first-order chi connectivity index (χ1) is 12.4. The number of ketones is 1. The van der Waals surface area contributed by atoms with Crippen molar-refractivity contribution in [1.29, 1.82) is 0 Å². The molecule has 1 heterocycles. The van der Waals surface area contributed by atoms with Gasteiger partial charge in [-0.15, -0.1) is 0 Å². The summed E-state index contributed by atoms with van der Waals surface area (Å²) >= 11 is 1.97. The largest absolute Gasteiger partial charge is 0.511 e. The summed E-state index contributed by atoms with van der Waals surface area (Å²) in [6.07, 6.45) is 5.10. The first-order valence-electron chi connectivity index (χ1n) is 9.88. The normalized spacial score (nSPS) is 24.4. The molecule has 1 aliphatic heterocycles. The highest BCUT2D eigenvalue weighted by molar-refractivity contribution is 7.99. The van der Waals surface area contributed by atoms with Crippen LogP contribution in [-0.4, -0.2) is 40.8 Å². The van der Waals surface area contributed by atoms with E-state index in [0.29, 0.717) is 55.0 Å². The second kappa shape index (κ2) is 12.4. The molecule has 0 spiro atoms. The smallest absolute Gasteiger partial charge is 0.168 e. The molecule has 0 saturated carbocycles. The van der Waals surface area contributed by atoms with Crippen molar-refractivity contribution in [2.24, 2.45) is 22.7 Å². The topological polar surface area (TPSA) is 84.9 Å². The Kier molecular flexibility index (Phi) is 11.0. The number of aliphatic hydroxyl groups is 1. The number of carbonyl (C=O) groups excluding carboxylic acids is 1. The molecule has 1 aliphatic carbocycles. The summed E-state index contributed by atoms with van der Waals surface area (Å²) in [4.78, 5) is 17.7. The van der Waals surface area contributed by atoms with Gasteiger partial charge < -0.3 is 15.7 Å². The summed E-state index contributed by atoms with van der Waals surface area (Å²) < 4.78 is 0. The van der Waals surface area contributed by atoms with Crippen LogP contribution in [0.5, 0.6) is 0 Å². The minimum atomic E-state index is 0.0382. The van der Waals surface area contributed by atoms with Crippen LogP contribution < -0.4 is 5.73 Å². The zero-order valence-corrected chi connectivity index (χ0v) is 17.6. The number of Topliss-reactive ketones (excluding diaryl/α,β-unsaturated/α-hetero) is 1. The lowest BCUT2D eigenvalue weighted by Crippen LogP contribution is -2.30. The third kappa shape index (κ3) is 7.70. The molecule has 0 aromatic rings. The Bertz CT molecular complexity index is 495. The number of thioether (sulfide) groups is 1. The number of rotatable bonds is 6. The van der Waals surface area contributed by atoms with Crippen LogP contribution in [-0.2, 0) is 9.63 Å². The second-order valence-corrected chi connectivity index (χ2v) is 8.49. The average molecular weight is 385 g/mol. The number of carbonyl (C=O) groups is 1. The van der Waals surface area contributed by atoms with E-state index >= 15 is 0 Å². The zero-order chi connectivity index (χ0) is 19.5. The Morgan fingerprint density at radius 2 is 2.04 bits per heavy atom. The van der Waals surface area contributed by atoms with Gasteiger partial charge in [0.1, 0.15) is 12.4 Å². The SMILES string of the molecule is CC(C)N.CCC/C(=N\OCC)C1=C(O)CC(C2CCCSC2)CC1=O. The standard InChI is InChI=1S/C17H27NO3S.C3H9N/c1-3-6-14(18-21-4-2)17-15(19)9-13(10-16(17)20)12-7-5-8-22-11-12;1-3(2)4/h12-13,19H,3-11H2,1-2H3;3H,4H2,1-2H3/b18-14+;. The minimum absolute atomic E-state index is 0.0382. The lowest BCUT2D eigenvalue weighted by molar-refractivity contribution is -0.117. The van der Waals surface area contributed by atoms with Crippen molar-refractivity contribution in [2.75, 3.05) is 18.1 Å². The van der Waals surface area contributed by atoms with Crippen LogP contribution in [0.4, 0.5) is 0 Å². The Morgan fingerprint density at radius 3 is 2.54 bits per heavy atom. The molecular formula is C20H36N2O3S. The van der Waals surface area contributed by atoms with Crippen LogP contribution in [0.1, 0.15) is 66.2 Å². The van der Waals surface area contributed by atoms with Crippen molar-refractivity contribution in [2.45, 2.75) is 72.3 Å². The van der Waals surface area contributed by atoms with Gasteiger partial charge in [0.2, 0.25) is 0 Å². The fourth-order valence-corrected chi connectivity index (χ4v) is 4.60. The molecule has 6 heteroatoms. The molecule has 0 bridgehead atoms. The molecule has 2 unspecified atom stereocenters. The van der Waals surface area contributed by atoms with Crippen molar-refractivity contribution in [3.63, 3.8) is 0 Å². The van der Waals surface area contributed by atoms with E-state index in [0.717, 1.165) is 12.2 Å². The molecule has 5 nitrogen and oxygen atoms in total. The van der Waals surface area contributed by atoms with E-state index in [1.807, 2.05) is 39.5 Å². The molecule has 2 atom stereocenters. The number of hydrogen-bond donors (Lipinski definition) is 2. The van der Waals surface area contributed by atoms with E-state index < -0.39 is 0 Å². The van der Waals surface area contributed by atoms with Crippen LogP contribution in [0.2, 0.25) is 0 Å². The molecule has 1 saturated heterocycles. The van der Waals surface area contributed by atoms with Gasteiger partial charge in [0, 0.05) is 12.8 Å². The Morgan fingerprint density at radius 1 is 1.35 bits per heavy atom. The van der Waals surface area contributed by atoms with Gasteiger partial charge in [-0.05, 0) is 55.6 Å². The number of nitrogens with two attached hydrogens (primary N) is 1. The lowest BCUT2D eigenvalue weighted by atomic mass is 9.76. The van der Waals surface area contributed by atoms with Gasteiger partial charge in [0.15, 0.2) is 5.78 Å². The molecule has 1 fully saturated rings. The third-order valence-electron chi connectivity index (χ3n) is 4.41. The van der Waals surface area contributed by atoms with Crippen molar-refractivity contribution >= 4 is 23.3 Å². The van der Waals surface area contributed by atoms with Crippen molar-refractivity contribution in [1.82, 2.24) is 0 Å². The predicted molar refractivity (Wildman–Crippen MR) is 111 cm³/mol. The summed E-state index contributed by atoms with van der Waals surface area (Å²) in [6.45, 7) is 8.26. The fraction of sp³-hybridized carbons (Fsp3) is 0.800. The van der Waals surface area contributed by atoms with Crippen molar-refractivity contribution in [3.05, 3.63) is 11.3 Å². The molecule has 0 aromatic carbocycles. The number of nitrogens with zero attached hydrogens (tertiary/aromatic N) is 1. The number of allylic oxidation sites excluding steroid dienone is 2. The van der Waals surface area contributed by atoms with Crippen LogP contribution >= 0.6 is 11.8 Å². The molecule has 2 aliphatic rings. The molecule has 150 valence electrons. The maximum atomic E-state index is 12.6. The van der Waals surface area contributed by atoms with E-state index in [4.69, 9.17) is 10.6 Å². The fourth-order valence-electron chi connectivity index (χ4n) is 3.32. The van der Waals surface area contributed by atoms with E-state index in [1.165, 1.54) is 18.6 Å². The first-order valence-corrected chi connectivity index (χ1v) is 11.0. The van der Waals surface area contributed by atoms with Crippen molar-refractivity contribution < 1.29 is 14.7 Å². The third-order valence-corrected chi connectivity index (χ3v) is 5.65. The van der Waals surface area contributed by atoms with Gasteiger partial charge >= 0.3 is 0 Å². The summed E-state index contributed by atoms with van der Waals surface area (Å²) in [5.41, 5.74) is 6.15. The molecule has 0 amide bonds. The van der Waals surface area contributed by atoms with E-state index in [2.05, 4.69) is 5.16 Å². The molecule has 0 aromatic heterocycles. The Balaban J connectivity index is 0.000000765. The Labute approximate surface area is 162 Å². The van der Waals surface area contributed by atoms with E-state index in [1.54, 1.807) is 0 Å². The summed E-state index contributed by atoms with van der Waals surface area (Å²) in [7, 11) is 0. The van der Waals surface area contributed by atoms with Gasteiger partial charge in [-0.3, -0.25) is 4.79 Å². The minimum Gasteiger partial charge on any atom is -0.511 e. The number of aliphatic hydroxyl groups excluding tert-OH is 1.